The summed E-state index contributed by atoms with van der Waals surface area (Å²) in [6, 6.07) is 1.13. The van der Waals surface area contributed by atoms with Gasteiger partial charge in [-0.1, -0.05) is 0 Å². The van der Waals surface area contributed by atoms with Crippen molar-refractivity contribution in [2.24, 2.45) is 0 Å². The maximum Gasteiger partial charge on any atom is 0.240 e. The fourth-order valence-electron chi connectivity index (χ4n) is 1.79. The number of nitrogens with one attached hydrogen (secondary N) is 2. The molecule has 2 saturated carbocycles. The van der Waals surface area contributed by atoms with Crippen molar-refractivity contribution < 1.29 is 4.79 Å². The van der Waals surface area contributed by atoms with E-state index in [1.54, 1.807) is 6.33 Å². The van der Waals surface area contributed by atoms with Crippen LogP contribution in [0.25, 0.3) is 0 Å². The Morgan fingerprint density at radius 2 is 2.12 bits per heavy atom. The number of carbonyl (C=O) groups is 1. The van der Waals surface area contributed by atoms with Crippen molar-refractivity contribution in [2.45, 2.75) is 50.9 Å². The smallest absolute Gasteiger partial charge is 0.240 e. The highest BCUT2D eigenvalue weighted by atomic mass is 16.2. The highest BCUT2D eigenvalue weighted by Crippen LogP contribution is 2.19. The van der Waals surface area contributed by atoms with E-state index >= 15 is 0 Å². The van der Waals surface area contributed by atoms with Crippen LogP contribution in [0.1, 0.15) is 31.4 Å². The van der Waals surface area contributed by atoms with E-state index in [4.69, 9.17) is 0 Å². The molecule has 0 unspecified atom stereocenters. The highest BCUT2D eigenvalue weighted by Gasteiger charge is 2.23. The molecule has 0 spiro atoms. The van der Waals surface area contributed by atoms with Crippen LogP contribution in [-0.4, -0.2) is 27.5 Å². The predicted molar refractivity (Wildman–Crippen MR) is 63.3 cm³/mol. The number of nitrogens with zero attached hydrogens (tertiary/aromatic N) is 2. The molecule has 92 valence electrons. The molecule has 1 heterocycles. The van der Waals surface area contributed by atoms with Crippen LogP contribution in [0.5, 0.6) is 0 Å². The van der Waals surface area contributed by atoms with Gasteiger partial charge in [0.15, 0.2) is 0 Å². The maximum absolute atomic E-state index is 11.6. The zero-order valence-corrected chi connectivity index (χ0v) is 9.85. The Morgan fingerprint density at radius 1 is 1.35 bits per heavy atom. The lowest BCUT2D eigenvalue weighted by atomic mass is 10.4. The van der Waals surface area contributed by atoms with E-state index in [2.05, 4.69) is 15.6 Å². The lowest BCUT2D eigenvalue weighted by Gasteiger charge is -2.03. The molecule has 0 radical (unpaired) electrons. The third kappa shape index (κ3) is 3.30. The summed E-state index contributed by atoms with van der Waals surface area (Å²) in [6.45, 7) is 1.19. The Morgan fingerprint density at radius 3 is 2.82 bits per heavy atom. The van der Waals surface area contributed by atoms with Gasteiger partial charge in [0.05, 0.1) is 12.0 Å². The summed E-state index contributed by atoms with van der Waals surface area (Å²) in [5, 5.41) is 6.37. The van der Waals surface area contributed by atoms with E-state index in [9.17, 15) is 4.79 Å². The second-order valence-electron chi connectivity index (χ2n) is 5.03. The number of amides is 1. The maximum atomic E-state index is 11.6. The molecule has 0 atom stereocenters. The summed E-state index contributed by atoms with van der Waals surface area (Å²) in [7, 11) is 0. The molecule has 17 heavy (non-hydrogen) atoms. The van der Waals surface area contributed by atoms with E-state index in [1.165, 1.54) is 12.8 Å². The first kappa shape index (κ1) is 10.8. The Hall–Kier alpha value is -1.36. The topological polar surface area (TPSA) is 59.0 Å². The minimum atomic E-state index is 0.0894. The van der Waals surface area contributed by atoms with E-state index < -0.39 is 0 Å². The molecule has 1 amide bonds. The zero-order chi connectivity index (χ0) is 11.7. The molecule has 5 heteroatoms. The van der Waals surface area contributed by atoms with Crippen LogP contribution in [0.3, 0.4) is 0 Å². The molecule has 0 saturated heterocycles. The fraction of sp³-hybridized carbons (Fsp3) is 0.667. The van der Waals surface area contributed by atoms with Gasteiger partial charge < -0.3 is 15.2 Å². The molecule has 1 aromatic heterocycles. The second-order valence-corrected chi connectivity index (χ2v) is 5.03. The van der Waals surface area contributed by atoms with E-state index in [0.29, 0.717) is 18.6 Å². The van der Waals surface area contributed by atoms with Crippen molar-refractivity contribution in [2.75, 3.05) is 0 Å². The highest BCUT2D eigenvalue weighted by molar-refractivity contribution is 5.76. The van der Waals surface area contributed by atoms with Gasteiger partial charge in [-0.05, 0) is 25.7 Å². The van der Waals surface area contributed by atoms with Crippen molar-refractivity contribution in [1.29, 1.82) is 0 Å². The summed E-state index contributed by atoms with van der Waals surface area (Å²) < 4.78 is 1.85. The molecule has 1 aromatic rings. The summed E-state index contributed by atoms with van der Waals surface area (Å²) in [6.07, 6.45) is 8.51. The fourth-order valence-corrected chi connectivity index (χ4v) is 1.79. The molecule has 0 aliphatic heterocycles. The third-order valence-corrected chi connectivity index (χ3v) is 3.10. The van der Waals surface area contributed by atoms with Crippen molar-refractivity contribution in [1.82, 2.24) is 20.2 Å². The number of imidazole rings is 1. The van der Waals surface area contributed by atoms with Crippen LogP contribution in [0.2, 0.25) is 0 Å². The van der Waals surface area contributed by atoms with Crippen LogP contribution in [0.15, 0.2) is 12.5 Å². The summed E-state index contributed by atoms with van der Waals surface area (Å²) >= 11 is 0. The summed E-state index contributed by atoms with van der Waals surface area (Å²) in [4.78, 5) is 15.9. The first-order valence-electron chi connectivity index (χ1n) is 6.33. The molecule has 0 aromatic carbocycles. The molecule has 2 aliphatic rings. The van der Waals surface area contributed by atoms with Crippen molar-refractivity contribution in [3.63, 3.8) is 0 Å². The summed E-state index contributed by atoms with van der Waals surface area (Å²) in [5.74, 6) is 0.0894. The van der Waals surface area contributed by atoms with Crippen molar-refractivity contribution in [3.05, 3.63) is 18.2 Å². The van der Waals surface area contributed by atoms with Crippen LogP contribution in [0, 0.1) is 0 Å². The monoisotopic (exact) mass is 234 g/mol. The average molecular weight is 234 g/mol. The molecule has 2 N–H and O–H groups in total. The largest absolute Gasteiger partial charge is 0.352 e. The Balaban J connectivity index is 1.46. The molecular weight excluding hydrogens is 216 g/mol. The molecule has 5 nitrogen and oxygen atoms in total. The number of hydrogen-bond donors (Lipinski definition) is 2. The van der Waals surface area contributed by atoms with Gasteiger partial charge in [0.2, 0.25) is 5.91 Å². The third-order valence-electron chi connectivity index (χ3n) is 3.10. The van der Waals surface area contributed by atoms with Gasteiger partial charge in [0.25, 0.3) is 0 Å². The zero-order valence-electron chi connectivity index (χ0n) is 9.85. The average Bonchev–Trinajstić information content (AvgIpc) is 3.19. The predicted octanol–water partition coefficient (Wildman–Crippen LogP) is 0.414. The minimum Gasteiger partial charge on any atom is -0.352 e. The van der Waals surface area contributed by atoms with Gasteiger partial charge in [-0.3, -0.25) is 4.79 Å². The van der Waals surface area contributed by atoms with Crippen molar-refractivity contribution >= 4 is 5.91 Å². The van der Waals surface area contributed by atoms with Gasteiger partial charge in [-0.15, -0.1) is 0 Å². The molecule has 3 rings (SSSR count). The SMILES string of the molecule is O=C(Cn1cnc(CNC2CC2)c1)NC1CC1. The van der Waals surface area contributed by atoms with Gasteiger partial charge in [-0.25, -0.2) is 4.98 Å². The molecule has 2 fully saturated rings. The number of aromatic nitrogens is 2. The first-order valence-corrected chi connectivity index (χ1v) is 6.33. The van der Waals surface area contributed by atoms with Crippen LogP contribution in [0.4, 0.5) is 0 Å². The lowest BCUT2D eigenvalue weighted by Crippen LogP contribution is -2.28. The molecular formula is C12H18N4O. The van der Waals surface area contributed by atoms with Gasteiger partial charge >= 0.3 is 0 Å². The van der Waals surface area contributed by atoms with Crippen molar-refractivity contribution in [3.8, 4) is 0 Å². The number of hydrogen-bond acceptors (Lipinski definition) is 3. The number of carbonyl (C=O) groups excluding carboxylic acids is 1. The van der Waals surface area contributed by atoms with Gasteiger partial charge in [-0.2, -0.15) is 0 Å². The lowest BCUT2D eigenvalue weighted by molar-refractivity contribution is -0.121. The van der Waals surface area contributed by atoms with Crippen LogP contribution < -0.4 is 10.6 Å². The summed E-state index contributed by atoms with van der Waals surface area (Å²) in [5.41, 5.74) is 1.01. The molecule has 2 aliphatic carbocycles. The van der Waals surface area contributed by atoms with Crippen LogP contribution in [-0.2, 0) is 17.9 Å². The Bertz CT molecular complexity index is 406. The van der Waals surface area contributed by atoms with E-state index in [-0.39, 0.29) is 5.91 Å². The van der Waals surface area contributed by atoms with E-state index in [1.807, 2.05) is 10.8 Å². The standard InChI is InChI=1S/C12H18N4O/c17-12(15-10-3-4-10)7-16-6-11(14-8-16)5-13-9-1-2-9/h6,8-10,13H,1-5,7H2,(H,15,17). The van der Waals surface area contributed by atoms with E-state index in [0.717, 1.165) is 25.1 Å². The number of rotatable bonds is 6. The Labute approximate surface area is 101 Å². The molecule has 0 bridgehead atoms. The normalized spacial score (nSPS) is 19.3. The minimum absolute atomic E-state index is 0.0894. The first-order chi connectivity index (χ1) is 8.29. The Kier molecular flexibility index (Phi) is 2.84. The van der Waals surface area contributed by atoms with Gasteiger partial charge in [0.1, 0.15) is 6.54 Å². The second kappa shape index (κ2) is 4.49. The quantitative estimate of drug-likeness (QED) is 0.749. The van der Waals surface area contributed by atoms with Crippen LogP contribution >= 0.6 is 0 Å². The van der Waals surface area contributed by atoms with Gasteiger partial charge in [0, 0.05) is 24.8 Å².